The Kier molecular flexibility index (Phi) is 2.93. The zero-order chi connectivity index (χ0) is 11.5. The molecule has 0 amide bonds. The van der Waals surface area contributed by atoms with E-state index in [1.54, 1.807) is 0 Å². The third kappa shape index (κ3) is 2.25. The highest BCUT2D eigenvalue weighted by Crippen LogP contribution is 2.40. The van der Waals surface area contributed by atoms with Crippen LogP contribution in [0.3, 0.4) is 0 Å². The zero-order valence-corrected chi connectivity index (χ0v) is 9.75. The van der Waals surface area contributed by atoms with Crippen LogP contribution in [-0.2, 0) is 4.74 Å². The summed E-state index contributed by atoms with van der Waals surface area (Å²) in [6, 6.07) is 21.0. The molecule has 1 nitrogen and oxygen atoms in total. The summed E-state index contributed by atoms with van der Waals surface area (Å²) < 4.78 is 6.13. The van der Waals surface area contributed by atoms with E-state index >= 15 is 0 Å². The Morgan fingerprint density at radius 1 is 0.647 bits per heavy atom. The van der Waals surface area contributed by atoms with Gasteiger partial charge >= 0.3 is 0 Å². The van der Waals surface area contributed by atoms with Crippen LogP contribution >= 0.6 is 0 Å². The minimum absolute atomic E-state index is 0.265. The van der Waals surface area contributed by atoms with Crippen LogP contribution in [0.25, 0.3) is 0 Å². The van der Waals surface area contributed by atoms with Gasteiger partial charge in [-0.2, -0.15) is 0 Å². The maximum absolute atomic E-state index is 6.13. The first kappa shape index (κ1) is 10.5. The summed E-state index contributed by atoms with van der Waals surface area (Å²) in [5.74, 6) is 0. The molecule has 0 aromatic heterocycles. The van der Waals surface area contributed by atoms with Crippen LogP contribution in [0.1, 0.15) is 36.2 Å². The minimum atomic E-state index is 0.265. The van der Waals surface area contributed by atoms with E-state index in [0.29, 0.717) is 0 Å². The van der Waals surface area contributed by atoms with Gasteiger partial charge in [0.15, 0.2) is 0 Å². The average molecular weight is 224 g/mol. The van der Waals surface area contributed by atoms with Crippen molar-refractivity contribution < 1.29 is 4.74 Å². The fourth-order valence-corrected chi connectivity index (χ4v) is 2.46. The van der Waals surface area contributed by atoms with Crippen molar-refractivity contribution in [3.63, 3.8) is 0 Å². The van der Waals surface area contributed by atoms with Crippen LogP contribution in [0.5, 0.6) is 0 Å². The molecule has 1 aliphatic rings. The Bertz CT molecular complexity index is 418. The molecule has 0 N–H and O–H groups in total. The molecule has 0 saturated carbocycles. The van der Waals surface area contributed by atoms with E-state index in [9.17, 15) is 0 Å². The van der Waals surface area contributed by atoms with Crippen molar-refractivity contribution in [2.45, 2.75) is 25.0 Å². The first-order chi connectivity index (χ1) is 8.43. The molecule has 86 valence electrons. The highest BCUT2D eigenvalue weighted by molar-refractivity contribution is 5.22. The predicted octanol–water partition coefficient (Wildman–Crippen LogP) is 4.28. The van der Waals surface area contributed by atoms with Gasteiger partial charge in [-0.1, -0.05) is 60.7 Å². The van der Waals surface area contributed by atoms with Gasteiger partial charge in [-0.25, -0.2) is 0 Å². The summed E-state index contributed by atoms with van der Waals surface area (Å²) in [6.07, 6.45) is 2.76. The summed E-state index contributed by atoms with van der Waals surface area (Å²) in [6.45, 7) is 0. The van der Waals surface area contributed by atoms with Crippen LogP contribution in [0.2, 0.25) is 0 Å². The lowest BCUT2D eigenvalue weighted by molar-refractivity contribution is 0.0441. The normalized spacial score (nSPS) is 23.8. The predicted molar refractivity (Wildman–Crippen MR) is 68.7 cm³/mol. The Balaban J connectivity index is 1.75. The van der Waals surface area contributed by atoms with Gasteiger partial charge in [0.2, 0.25) is 0 Å². The Morgan fingerprint density at radius 2 is 1.06 bits per heavy atom. The van der Waals surface area contributed by atoms with Crippen molar-refractivity contribution in [3.8, 4) is 0 Å². The molecule has 2 atom stereocenters. The molecular weight excluding hydrogens is 208 g/mol. The van der Waals surface area contributed by atoms with Crippen molar-refractivity contribution in [1.29, 1.82) is 0 Å². The van der Waals surface area contributed by atoms with E-state index in [4.69, 9.17) is 4.74 Å². The molecule has 1 heterocycles. The van der Waals surface area contributed by atoms with Gasteiger partial charge in [-0.15, -0.1) is 0 Å². The standard InChI is InChI=1S/C16H16O/c1-3-7-13(8-4-1)15-11-12-16(17-15)14-9-5-2-6-10-14/h1-10,15-16H,11-12H2/t15-,16+. The van der Waals surface area contributed by atoms with Crippen molar-refractivity contribution >= 4 is 0 Å². The monoisotopic (exact) mass is 224 g/mol. The molecule has 3 rings (SSSR count). The van der Waals surface area contributed by atoms with Crippen LogP contribution in [0.15, 0.2) is 60.7 Å². The summed E-state index contributed by atoms with van der Waals surface area (Å²) in [5.41, 5.74) is 2.59. The molecule has 1 saturated heterocycles. The minimum Gasteiger partial charge on any atom is -0.366 e. The third-order valence-electron chi connectivity index (χ3n) is 3.36. The summed E-state index contributed by atoms with van der Waals surface area (Å²) >= 11 is 0. The van der Waals surface area contributed by atoms with Crippen LogP contribution < -0.4 is 0 Å². The molecule has 2 aromatic carbocycles. The van der Waals surface area contributed by atoms with Gasteiger partial charge in [-0.3, -0.25) is 0 Å². The van der Waals surface area contributed by atoms with Crippen molar-refractivity contribution in [3.05, 3.63) is 71.8 Å². The van der Waals surface area contributed by atoms with E-state index < -0.39 is 0 Å². The maximum Gasteiger partial charge on any atom is 0.0834 e. The van der Waals surface area contributed by atoms with E-state index in [2.05, 4.69) is 48.5 Å². The van der Waals surface area contributed by atoms with Crippen LogP contribution in [0, 0.1) is 0 Å². The summed E-state index contributed by atoms with van der Waals surface area (Å²) in [7, 11) is 0. The topological polar surface area (TPSA) is 9.23 Å². The molecule has 0 radical (unpaired) electrons. The first-order valence-electron chi connectivity index (χ1n) is 6.19. The smallest absolute Gasteiger partial charge is 0.0834 e. The lowest BCUT2D eigenvalue weighted by Gasteiger charge is -2.14. The second kappa shape index (κ2) is 4.72. The molecule has 1 fully saturated rings. The average Bonchev–Trinajstić information content (AvgIpc) is 2.90. The molecule has 17 heavy (non-hydrogen) atoms. The fraction of sp³-hybridized carbons (Fsp3) is 0.250. The number of benzene rings is 2. The van der Waals surface area contributed by atoms with E-state index in [1.807, 2.05) is 12.1 Å². The van der Waals surface area contributed by atoms with Crippen LogP contribution in [-0.4, -0.2) is 0 Å². The van der Waals surface area contributed by atoms with Gasteiger partial charge < -0.3 is 4.74 Å². The van der Waals surface area contributed by atoms with E-state index in [0.717, 1.165) is 12.8 Å². The molecule has 0 spiro atoms. The third-order valence-corrected chi connectivity index (χ3v) is 3.36. The Morgan fingerprint density at radius 3 is 1.47 bits per heavy atom. The molecule has 0 aliphatic carbocycles. The van der Waals surface area contributed by atoms with Crippen molar-refractivity contribution in [2.24, 2.45) is 0 Å². The van der Waals surface area contributed by atoms with Gasteiger partial charge in [0, 0.05) is 0 Å². The van der Waals surface area contributed by atoms with Gasteiger partial charge in [0.05, 0.1) is 12.2 Å². The highest BCUT2D eigenvalue weighted by atomic mass is 16.5. The number of hydrogen-bond acceptors (Lipinski definition) is 1. The Hall–Kier alpha value is -1.60. The lowest BCUT2D eigenvalue weighted by atomic mass is 10.0. The maximum atomic E-state index is 6.13. The molecular formula is C16H16O. The molecule has 1 heteroatoms. The van der Waals surface area contributed by atoms with E-state index in [-0.39, 0.29) is 12.2 Å². The first-order valence-corrected chi connectivity index (χ1v) is 6.19. The number of hydrogen-bond donors (Lipinski definition) is 0. The zero-order valence-electron chi connectivity index (χ0n) is 9.75. The van der Waals surface area contributed by atoms with Crippen LogP contribution in [0.4, 0.5) is 0 Å². The second-order valence-electron chi connectivity index (χ2n) is 4.51. The summed E-state index contributed by atoms with van der Waals surface area (Å²) in [5, 5.41) is 0. The molecule has 0 unspecified atom stereocenters. The SMILES string of the molecule is c1ccc([C@@H]2CC[C@H](c3ccccc3)O2)cc1. The molecule has 0 bridgehead atoms. The number of rotatable bonds is 2. The molecule has 1 aliphatic heterocycles. The lowest BCUT2D eigenvalue weighted by Crippen LogP contribution is -1.99. The summed E-state index contributed by atoms with van der Waals surface area (Å²) in [4.78, 5) is 0. The van der Waals surface area contributed by atoms with Crippen molar-refractivity contribution in [1.82, 2.24) is 0 Å². The van der Waals surface area contributed by atoms with Gasteiger partial charge in [0.1, 0.15) is 0 Å². The Labute approximate surface area is 102 Å². The second-order valence-corrected chi connectivity index (χ2v) is 4.51. The number of ether oxygens (including phenoxy) is 1. The molecule has 2 aromatic rings. The quantitative estimate of drug-likeness (QED) is 0.739. The fourth-order valence-electron chi connectivity index (χ4n) is 2.46. The van der Waals surface area contributed by atoms with Crippen molar-refractivity contribution in [2.75, 3.05) is 0 Å². The van der Waals surface area contributed by atoms with Gasteiger partial charge in [0.25, 0.3) is 0 Å². The highest BCUT2D eigenvalue weighted by Gasteiger charge is 2.27. The largest absolute Gasteiger partial charge is 0.366 e. The van der Waals surface area contributed by atoms with E-state index in [1.165, 1.54) is 11.1 Å². The van der Waals surface area contributed by atoms with Gasteiger partial charge in [-0.05, 0) is 24.0 Å².